The molecular formula is C32H52O3. The van der Waals surface area contributed by atoms with Crippen LogP contribution in [0.1, 0.15) is 129 Å². The van der Waals surface area contributed by atoms with Gasteiger partial charge in [-0.15, -0.1) is 0 Å². The Kier molecular flexibility index (Phi) is 13.1. The predicted octanol–water partition coefficient (Wildman–Crippen LogP) is 9.52. The first kappa shape index (κ1) is 28.1. The molecule has 0 amide bonds. The van der Waals surface area contributed by atoms with E-state index in [4.69, 9.17) is 9.47 Å². The van der Waals surface area contributed by atoms with Gasteiger partial charge in [-0.2, -0.15) is 0 Å². The summed E-state index contributed by atoms with van der Waals surface area (Å²) in [4.78, 5) is 12.6. The number of esters is 1. The molecule has 0 atom stereocenters. The standard InChI is InChI=1S/C32H52O3/c1-3-5-7-10-26-13-15-28(16-14-26)12-9-25-34-30-21-23-31(24-22-30)35-32(33)29-19-17-27(18-20-29)11-8-6-4-2/h21-24,26-29H,3-20,25H2,1-2H3. The maximum atomic E-state index is 12.6. The Morgan fingerprint density at radius 1 is 0.657 bits per heavy atom. The van der Waals surface area contributed by atoms with E-state index in [0.717, 1.165) is 49.4 Å². The molecule has 0 unspecified atom stereocenters. The molecule has 0 radical (unpaired) electrons. The Morgan fingerprint density at radius 3 is 1.63 bits per heavy atom. The molecule has 0 spiro atoms. The van der Waals surface area contributed by atoms with Crippen molar-refractivity contribution in [2.45, 2.75) is 129 Å². The number of carbonyl (C=O) groups excluding carboxylic acids is 1. The number of hydrogen-bond acceptors (Lipinski definition) is 3. The normalized spacial score (nSPS) is 24.7. The highest BCUT2D eigenvalue weighted by atomic mass is 16.5. The molecule has 2 saturated carbocycles. The van der Waals surface area contributed by atoms with Gasteiger partial charge in [-0.25, -0.2) is 0 Å². The highest BCUT2D eigenvalue weighted by Gasteiger charge is 2.27. The number of ether oxygens (including phenoxy) is 2. The molecule has 1 aromatic carbocycles. The maximum Gasteiger partial charge on any atom is 0.314 e. The molecular weight excluding hydrogens is 432 g/mol. The summed E-state index contributed by atoms with van der Waals surface area (Å²) in [6.07, 6.45) is 23.4. The summed E-state index contributed by atoms with van der Waals surface area (Å²) in [5.41, 5.74) is 0. The van der Waals surface area contributed by atoms with Crippen molar-refractivity contribution in [2.24, 2.45) is 23.7 Å². The number of hydrogen-bond donors (Lipinski definition) is 0. The van der Waals surface area contributed by atoms with Crippen molar-refractivity contribution < 1.29 is 14.3 Å². The van der Waals surface area contributed by atoms with Crippen LogP contribution in [0.4, 0.5) is 0 Å². The molecule has 2 aliphatic carbocycles. The minimum absolute atomic E-state index is 0.0502. The molecule has 198 valence electrons. The smallest absolute Gasteiger partial charge is 0.314 e. The van der Waals surface area contributed by atoms with Gasteiger partial charge in [0, 0.05) is 0 Å². The van der Waals surface area contributed by atoms with Crippen LogP contribution in [0.25, 0.3) is 0 Å². The van der Waals surface area contributed by atoms with E-state index in [0.29, 0.717) is 5.75 Å². The Labute approximate surface area is 215 Å². The van der Waals surface area contributed by atoms with Gasteiger partial charge in [0.15, 0.2) is 0 Å². The van der Waals surface area contributed by atoms with E-state index in [9.17, 15) is 4.79 Å². The Hall–Kier alpha value is -1.51. The summed E-state index contributed by atoms with van der Waals surface area (Å²) in [7, 11) is 0. The van der Waals surface area contributed by atoms with E-state index in [1.807, 2.05) is 24.3 Å². The highest BCUT2D eigenvalue weighted by Crippen LogP contribution is 2.35. The molecule has 3 nitrogen and oxygen atoms in total. The summed E-state index contributed by atoms with van der Waals surface area (Å²) in [5.74, 6) is 4.24. The largest absolute Gasteiger partial charge is 0.494 e. The molecule has 0 aromatic heterocycles. The fraction of sp³-hybridized carbons (Fsp3) is 0.781. The van der Waals surface area contributed by atoms with Gasteiger partial charge in [-0.3, -0.25) is 4.79 Å². The SMILES string of the molecule is CCCCCC1CCC(CCCOc2ccc(OC(=O)C3CCC(CCCCC)CC3)cc2)CC1. The van der Waals surface area contributed by atoms with Crippen LogP contribution in [-0.4, -0.2) is 12.6 Å². The Morgan fingerprint density at radius 2 is 1.11 bits per heavy atom. The van der Waals surface area contributed by atoms with Crippen LogP contribution < -0.4 is 9.47 Å². The fourth-order valence-electron chi connectivity index (χ4n) is 6.23. The average molecular weight is 485 g/mol. The molecule has 0 saturated heterocycles. The third kappa shape index (κ3) is 10.6. The minimum atomic E-state index is -0.0502. The third-order valence-corrected chi connectivity index (χ3v) is 8.65. The van der Waals surface area contributed by atoms with Gasteiger partial charge < -0.3 is 9.47 Å². The molecule has 3 rings (SSSR count). The molecule has 35 heavy (non-hydrogen) atoms. The van der Waals surface area contributed by atoms with Gasteiger partial charge in [0.2, 0.25) is 0 Å². The van der Waals surface area contributed by atoms with Crippen LogP contribution >= 0.6 is 0 Å². The van der Waals surface area contributed by atoms with E-state index in [1.165, 1.54) is 96.3 Å². The quantitative estimate of drug-likeness (QED) is 0.141. The van der Waals surface area contributed by atoms with Gasteiger partial charge in [-0.05, 0) is 80.5 Å². The van der Waals surface area contributed by atoms with E-state index in [-0.39, 0.29) is 11.9 Å². The van der Waals surface area contributed by atoms with E-state index < -0.39 is 0 Å². The topological polar surface area (TPSA) is 35.5 Å². The number of benzene rings is 1. The average Bonchev–Trinajstić information content (AvgIpc) is 2.89. The van der Waals surface area contributed by atoms with Gasteiger partial charge in [0.1, 0.15) is 11.5 Å². The molecule has 2 aliphatic rings. The van der Waals surface area contributed by atoms with Crippen molar-refractivity contribution in [1.82, 2.24) is 0 Å². The minimum Gasteiger partial charge on any atom is -0.494 e. The van der Waals surface area contributed by atoms with Crippen LogP contribution in [0, 0.1) is 23.7 Å². The van der Waals surface area contributed by atoms with Crippen molar-refractivity contribution in [2.75, 3.05) is 6.61 Å². The zero-order valence-electron chi connectivity index (χ0n) is 22.8. The molecule has 0 aliphatic heterocycles. The van der Waals surface area contributed by atoms with Gasteiger partial charge >= 0.3 is 5.97 Å². The summed E-state index contributed by atoms with van der Waals surface area (Å²) < 4.78 is 11.7. The molecule has 0 heterocycles. The van der Waals surface area contributed by atoms with Crippen LogP contribution in [0.3, 0.4) is 0 Å². The summed E-state index contributed by atoms with van der Waals surface area (Å²) in [6.45, 7) is 5.33. The van der Waals surface area contributed by atoms with Gasteiger partial charge in [-0.1, -0.05) is 90.9 Å². The van der Waals surface area contributed by atoms with E-state index in [2.05, 4.69) is 13.8 Å². The molecule has 0 bridgehead atoms. The van der Waals surface area contributed by atoms with Crippen LogP contribution in [0.15, 0.2) is 24.3 Å². The first-order valence-corrected chi connectivity index (χ1v) is 15.1. The van der Waals surface area contributed by atoms with Crippen molar-refractivity contribution >= 4 is 5.97 Å². The number of rotatable bonds is 15. The summed E-state index contributed by atoms with van der Waals surface area (Å²) in [6, 6.07) is 7.64. The van der Waals surface area contributed by atoms with E-state index in [1.54, 1.807) is 0 Å². The first-order chi connectivity index (χ1) is 17.2. The molecule has 0 N–H and O–H groups in total. The zero-order chi connectivity index (χ0) is 24.7. The molecule has 1 aromatic rings. The second kappa shape index (κ2) is 16.3. The first-order valence-electron chi connectivity index (χ1n) is 15.1. The van der Waals surface area contributed by atoms with Crippen molar-refractivity contribution in [3.05, 3.63) is 24.3 Å². The van der Waals surface area contributed by atoms with Crippen LogP contribution in [0.2, 0.25) is 0 Å². The Balaban J connectivity index is 1.26. The summed E-state index contributed by atoms with van der Waals surface area (Å²) in [5, 5.41) is 0. The number of carbonyl (C=O) groups is 1. The zero-order valence-corrected chi connectivity index (χ0v) is 22.8. The summed E-state index contributed by atoms with van der Waals surface area (Å²) >= 11 is 0. The van der Waals surface area contributed by atoms with Crippen molar-refractivity contribution in [3.8, 4) is 11.5 Å². The second-order valence-electron chi connectivity index (χ2n) is 11.5. The lowest BCUT2D eigenvalue weighted by atomic mass is 9.78. The third-order valence-electron chi connectivity index (χ3n) is 8.65. The lowest BCUT2D eigenvalue weighted by Crippen LogP contribution is -2.25. The van der Waals surface area contributed by atoms with Crippen LogP contribution in [-0.2, 0) is 4.79 Å². The van der Waals surface area contributed by atoms with Gasteiger partial charge in [0.25, 0.3) is 0 Å². The highest BCUT2D eigenvalue weighted by molar-refractivity contribution is 5.75. The Bertz CT molecular complexity index is 681. The van der Waals surface area contributed by atoms with Gasteiger partial charge in [0.05, 0.1) is 12.5 Å². The monoisotopic (exact) mass is 484 g/mol. The predicted molar refractivity (Wildman–Crippen MR) is 146 cm³/mol. The van der Waals surface area contributed by atoms with Crippen molar-refractivity contribution in [3.63, 3.8) is 0 Å². The molecule has 3 heteroatoms. The maximum absolute atomic E-state index is 12.6. The molecule has 2 fully saturated rings. The van der Waals surface area contributed by atoms with Crippen LogP contribution in [0.5, 0.6) is 11.5 Å². The second-order valence-corrected chi connectivity index (χ2v) is 11.5. The fourth-order valence-corrected chi connectivity index (χ4v) is 6.23. The number of unbranched alkanes of at least 4 members (excludes halogenated alkanes) is 4. The lowest BCUT2D eigenvalue weighted by molar-refractivity contribution is -0.140. The van der Waals surface area contributed by atoms with Crippen molar-refractivity contribution in [1.29, 1.82) is 0 Å². The van der Waals surface area contributed by atoms with E-state index >= 15 is 0 Å². The lowest BCUT2D eigenvalue weighted by Gasteiger charge is -2.28.